The fraction of sp³-hybridized carbons (Fsp3) is 0.500. The number of rotatable bonds is 4. The highest BCUT2D eigenvalue weighted by Gasteiger charge is 2.23. The number of hydrogen-bond donors (Lipinski definition) is 1. The number of fused-ring (bicyclic) bond motifs is 3. The molecule has 0 saturated heterocycles. The molecule has 106 valence electrons. The molecule has 0 radical (unpaired) electrons. The van der Waals surface area contributed by atoms with E-state index in [-0.39, 0.29) is 6.42 Å². The normalized spacial score (nSPS) is 13.7. The van der Waals surface area contributed by atoms with E-state index < -0.39 is 5.97 Å². The van der Waals surface area contributed by atoms with Crippen LogP contribution in [-0.2, 0) is 17.6 Å². The Kier molecular flexibility index (Phi) is 3.33. The number of aromatic nitrogens is 2. The summed E-state index contributed by atoms with van der Waals surface area (Å²) in [6.45, 7) is 2.35. The van der Waals surface area contributed by atoms with Gasteiger partial charge in [-0.3, -0.25) is 4.79 Å². The molecule has 1 aliphatic rings. The minimum Gasteiger partial charge on any atom is -0.481 e. The summed E-state index contributed by atoms with van der Waals surface area (Å²) < 4.78 is 0. The van der Waals surface area contributed by atoms with Gasteiger partial charge in [-0.15, -0.1) is 11.3 Å². The van der Waals surface area contributed by atoms with Gasteiger partial charge >= 0.3 is 5.97 Å². The third kappa shape index (κ3) is 2.24. The van der Waals surface area contributed by atoms with Crippen LogP contribution in [0, 0.1) is 6.92 Å². The van der Waals surface area contributed by atoms with E-state index in [9.17, 15) is 4.79 Å². The quantitative estimate of drug-likeness (QED) is 0.937. The fourth-order valence-corrected chi connectivity index (χ4v) is 4.03. The van der Waals surface area contributed by atoms with E-state index in [0.717, 1.165) is 34.7 Å². The summed E-state index contributed by atoms with van der Waals surface area (Å²) in [5.74, 6) is 0.845. The van der Waals surface area contributed by atoms with Crippen molar-refractivity contribution in [3.05, 3.63) is 16.3 Å². The van der Waals surface area contributed by atoms with Gasteiger partial charge in [0.05, 0.1) is 11.8 Å². The first kappa shape index (κ1) is 13.3. The highest BCUT2D eigenvalue weighted by molar-refractivity contribution is 7.19. The molecule has 1 N–H and O–H groups in total. The van der Waals surface area contributed by atoms with E-state index in [1.165, 1.54) is 16.9 Å². The molecule has 0 saturated carbocycles. The molecule has 0 amide bonds. The zero-order valence-electron chi connectivity index (χ0n) is 11.6. The molecule has 5 nitrogen and oxygen atoms in total. The van der Waals surface area contributed by atoms with Gasteiger partial charge in [-0.2, -0.15) is 0 Å². The summed E-state index contributed by atoms with van der Waals surface area (Å²) >= 11 is 1.76. The topological polar surface area (TPSA) is 66.3 Å². The molecular weight excluding hydrogens is 274 g/mol. The van der Waals surface area contributed by atoms with Crippen molar-refractivity contribution >= 4 is 33.3 Å². The summed E-state index contributed by atoms with van der Waals surface area (Å²) in [6.07, 6.45) is 3.53. The van der Waals surface area contributed by atoms with Gasteiger partial charge in [-0.25, -0.2) is 9.97 Å². The molecule has 0 aliphatic heterocycles. The number of carboxylic acid groups (broad SMARTS) is 1. The zero-order chi connectivity index (χ0) is 14.3. The lowest BCUT2D eigenvalue weighted by Crippen LogP contribution is -2.22. The van der Waals surface area contributed by atoms with Gasteiger partial charge < -0.3 is 10.0 Å². The number of aryl methyl sites for hydroxylation is 3. The minimum absolute atomic E-state index is 0.118. The highest BCUT2D eigenvalue weighted by atomic mass is 32.1. The predicted molar refractivity (Wildman–Crippen MR) is 79.7 cm³/mol. The van der Waals surface area contributed by atoms with Gasteiger partial charge in [-0.05, 0) is 31.7 Å². The minimum atomic E-state index is -0.783. The number of anilines is 1. The highest BCUT2D eigenvalue weighted by Crippen LogP contribution is 2.40. The van der Waals surface area contributed by atoms with Gasteiger partial charge in [0.15, 0.2) is 0 Å². The Morgan fingerprint density at radius 3 is 2.95 bits per heavy atom. The van der Waals surface area contributed by atoms with Crippen molar-refractivity contribution in [2.24, 2.45) is 0 Å². The van der Waals surface area contributed by atoms with Gasteiger partial charge in [0.2, 0.25) is 0 Å². The molecule has 3 rings (SSSR count). The average Bonchev–Trinajstić information content (AvgIpc) is 2.94. The SMILES string of the molecule is Cc1nc(N(C)CCC(=O)O)c2c3c(sc2n1)CCC3. The number of hydrogen-bond acceptors (Lipinski definition) is 5. The van der Waals surface area contributed by atoms with Gasteiger partial charge in [-0.1, -0.05) is 0 Å². The molecule has 0 atom stereocenters. The second-order valence-corrected chi connectivity index (χ2v) is 6.28. The molecule has 6 heteroatoms. The lowest BCUT2D eigenvalue weighted by Gasteiger charge is -2.19. The van der Waals surface area contributed by atoms with Crippen LogP contribution in [0.5, 0.6) is 0 Å². The third-order valence-corrected chi connectivity index (χ3v) is 4.87. The number of aliphatic carboxylic acids is 1. The summed E-state index contributed by atoms with van der Waals surface area (Å²) in [6, 6.07) is 0. The lowest BCUT2D eigenvalue weighted by molar-refractivity contribution is -0.136. The Balaban J connectivity index is 2.06. The maximum atomic E-state index is 10.7. The van der Waals surface area contributed by atoms with Crippen LogP contribution in [0.15, 0.2) is 0 Å². The summed E-state index contributed by atoms with van der Waals surface area (Å²) in [5, 5.41) is 9.97. The summed E-state index contributed by atoms with van der Waals surface area (Å²) in [7, 11) is 1.91. The molecule has 0 aromatic carbocycles. The second kappa shape index (κ2) is 5.01. The largest absolute Gasteiger partial charge is 0.481 e. The van der Waals surface area contributed by atoms with Crippen LogP contribution in [0.4, 0.5) is 5.82 Å². The molecule has 2 heterocycles. The van der Waals surface area contributed by atoms with E-state index in [1.807, 2.05) is 18.9 Å². The van der Waals surface area contributed by atoms with Crippen molar-refractivity contribution in [1.29, 1.82) is 0 Å². The molecule has 2 aromatic heterocycles. The summed E-state index contributed by atoms with van der Waals surface area (Å²) in [4.78, 5) is 24.3. The molecule has 0 unspecified atom stereocenters. The van der Waals surface area contributed by atoms with E-state index in [4.69, 9.17) is 5.11 Å². The fourth-order valence-electron chi connectivity index (χ4n) is 2.73. The molecule has 1 aliphatic carbocycles. The van der Waals surface area contributed by atoms with Crippen LogP contribution >= 0.6 is 11.3 Å². The number of nitrogens with zero attached hydrogens (tertiary/aromatic N) is 3. The van der Waals surface area contributed by atoms with Crippen LogP contribution in [0.25, 0.3) is 10.2 Å². The molecule has 2 aromatic rings. The Bertz CT molecular complexity index is 681. The summed E-state index contributed by atoms with van der Waals surface area (Å²) in [5.41, 5.74) is 1.38. The van der Waals surface area contributed by atoms with Crippen molar-refractivity contribution in [2.75, 3.05) is 18.5 Å². The van der Waals surface area contributed by atoms with Crippen LogP contribution < -0.4 is 4.90 Å². The van der Waals surface area contributed by atoms with E-state index in [1.54, 1.807) is 11.3 Å². The monoisotopic (exact) mass is 291 g/mol. The number of carboxylic acids is 1. The van der Waals surface area contributed by atoms with Gasteiger partial charge in [0, 0.05) is 18.5 Å². The van der Waals surface area contributed by atoms with Crippen LogP contribution in [-0.4, -0.2) is 34.6 Å². The smallest absolute Gasteiger partial charge is 0.305 e. The maximum Gasteiger partial charge on any atom is 0.305 e. The first-order chi connectivity index (χ1) is 9.56. The first-order valence-electron chi connectivity index (χ1n) is 6.78. The van der Waals surface area contributed by atoms with E-state index >= 15 is 0 Å². The standard InChI is InChI=1S/C14H17N3O2S/c1-8-15-13(17(2)7-6-11(18)19)12-9-4-3-5-10(9)20-14(12)16-8/h3-7H2,1-2H3,(H,18,19). The zero-order valence-corrected chi connectivity index (χ0v) is 12.5. The Hall–Kier alpha value is -1.69. The van der Waals surface area contributed by atoms with E-state index in [0.29, 0.717) is 6.54 Å². The second-order valence-electron chi connectivity index (χ2n) is 5.20. The van der Waals surface area contributed by atoms with Crippen molar-refractivity contribution < 1.29 is 9.90 Å². The molecular formula is C14H17N3O2S. The van der Waals surface area contributed by atoms with Crippen molar-refractivity contribution in [3.8, 4) is 0 Å². The molecule has 0 fully saturated rings. The number of carbonyl (C=O) groups is 1. The Labute approximate surface area is 121 Å². The Morgan fingerprint density at radius 1 is 1.40 bits per heavy atom. The number of thiophene rings is 1. The van der Waals surface area contributed by atoms with Gasteiger partial charge in [0.25, 0.3) is 0 Å². The van der Waals surface area contributed by atoms with Crippen molar-refractivity contribution in [1.82, 2.24) is 9.97 Å². The first-order valence-corrected chi connectivity index (χ1v) is 7.59. The van der Waals surface area contributed by atoms with Gasteiger partial charge in [0.1, 0.15) is 16.5 Å². The third-order valence-electron chi connectivity index (χ3n) is 3.68. The lowest BCUT2D eigenvalue weighted by atomic mass is 10.2. The maximum absolute atomic E-state index is 10.7. The van der Waals surface area contributed by atoms with Crippen LogP contribution in [0.3, 0.4) is 0 Å². The average molecular weight is 291 g/mol. The molecule has 0 spiro atoms. The molecule has 0 bridgehead atoms. The van der Waals surface area contributed by atoms with Crippen LogP contribution in [0.1, 0.15) is 29.1 Å². The molecule has 20 heavy (non-hydrogen) atoms. The predicted octanol–water partition coefficient (Wildman–Crippen LogP) is 2.40. The van der Waals surface area contributed by atoms with Crippen LogP contribution in [0.2, 0.25) is 0 Å². The van der Waals surface area contributed by atoms with E-state index in [2.05, 4.69) is 9.97 Å². The Morgan fingerprint density at radius 2 is 2.20 bits per heavy atom. The van der Waals surface area contributed by atoms with Crippen molar-refractivity contribution in [3.63, 3.8) is 0 Å². The van der Waals surface area contributed by atoms with Crippen molar-refractivity contribution in [2.45, 2.75) is 32.6 Å².